The third-order valence-electron chi connectivity index (χ3n) is 3.42. The molecule has 2 amide bonds. The van der Waals surface area contributed by atoms with E-state index in [4.69, 9.17) is 11.2 Å². The van der Waals surface area contributed by atoms with Crippen molar-refractivity contribution in [1.82, 2.24) is 5.43 Å². The maximum atomic E-state index is 12.0. The van der Waals surface area contributed by atoms with Crippen LogP contribution in [0, 0.1) is 19.3 Å². The number of benzene rings is 2. The Kier molecular flexibility index (Phi) is 7.59. The second-order valence-electron chi connectivity index (χ2n) is 5.51. The van der Waals surface area contributed by atoms with Crippen LogP contribution in [-0.4, -0.2) is 24.6 Å². The van der Waals surface area contributed by atoms with E-state index < -0.39 is 11.8 Å². The lowest BCUT2D eigenvalue weighted by Crippen LogP contribution is -2.24. The van der Waals surface area contributed by atoms with Crippen LogP contribution in [0.5, 0.6) is 5.75 Å². The Morgan fingerprint density at radius 2 is 2.04 bits per heavy atom. The molecule has 138 valence electrons. The van der Waals surface area contributed by atoms with Gasteiger partial charge in [0.25, 0.3) is 0 Å². The molecule has 0 bridgehead atoms. The number of hydrogen-bond acceptors (Lipinski definition) is 4. The molecule has 0 saturated heterocycles. The van der Waals surface area contributed by atoms with Crippen LogP contribution in [-0.2, 0) is 9.59 Å². The molecule has 0 fully saturated rings. The first-order valence-corrected chi connectivity index (χ1v) is 8.82. The lowest BCUT2D eigenvalue weighted by molar-refractivity contribution is -0.126. The van der Waals surface area contributed by atoms with Gasteiger partial charge in [0.2, 0.25) is 11.8 Å². The molecule has 2 aromatic rings. The second kappa shape index (κ2) is 10.1. The third kappa shape index (κ3) is 6.60. The summed E-state index contributed by atoms with van der Waals surface area (Å²) in [7, 11) is 0. The van der Waals surface area contributed by atoms with Gasteiger partial charge in [0.05, 0.1) is 6.21 Å². The van der Waals surface area contributed by atoms with Crippen molar-refractivity contribution in [2.45, 2.75) is 13.3 Å². The molecule has 0 aliphatic carbocycles. The summed E-state index contributed by atoms with van der Waals surface area (Å²) < 4.78 is 6.24. The summed E-state index contributed by atoms with van der Waals surface area (Å²) in [6.07, 6.45) is 6.28. The van der Waals surface area contributed by atoms with E-state index in [1.54, 1.807) is 24.3 Å². The van der Waals surface area contributed by atoms with Gasteiger partial charge in [-0.3, -0.25) is 9.59 Å². The van der Waals surface area contributed by atoms with E-state index in [1.165, 1.54) is 6.21 Å². The number of terminal acetylenes is 1. The highest BCUT2D eigenvalue weighted by Gasteiger charge is 2.10. The predicted molar refractivity (Wildman–Crippen MR) is 109 cm³/mol. The number of carbonyl (C=O) groups excluding carboxylic acids is 2. The zero-order valence-corrected chi connectivity index (χ0v) is 16.2. The van der Waals surface area contributed by atoms with Gasteiger partial charge in [-0.2, -0.15) is 5.10 Å². The van der Waals surface area contributed by atoms with Gasteiger partial charge in [-0.1, -0.05) is 40.0 Å². The van der Waals surface area contributed by atoms with Crippen molar-refractivity contribution in [1.29, 1.82) is 0 Å². The molecule has 0 aliphatic heterocycles. The number of halogens is 1. The predicted octanol–water partition coefficient (Wildman–Crippen LogP) is 3.25. The van der Waals surface area contributed by atoms with Crippen LogP contribution in [0.3, 0.4) is 0 Å². The Morgan fingerprint density at radius 3 is 2.78 bits per heavy atom. The zero-order valence-electron chi connectivity index (χ0n) is 14.7. The monoisotopic (exact) mass is 427 g/mol. The number of aryl methyl sites for hydroxylation is 1. The zero-order chi connectivity index (χ0) is 19.6. The Labute approximate surface area is 166 Å². The topological polar surface area (TPSA) is 79.8 Å². The van der Waals surface area contributed by atoms with Gasteiger partial charge in [0, 0.05) is 15.7 Å². The number of carbonyl (C=O) groups is 2. The van der Waals surface area contributed by atoms with E-state index in [-0.39, 0.29) is 13.0 Å². The first kappa shape index (κ1) is 20.2. The molecular weight excluding hydrogens is 410 g/mol. The van der Waals surface area contributed by atoms with Crippen molar-refractivity contribution in [2.75, 3.05) is 11.9 Å². The minimum atomic E-state index is -0.529. The maximum absolute atomic E-state index is 12.0. The van der Waals surface area contributed by atoms with Crippen molar-refractivity contribution >= 4 is 39.6 Å². The molecule has 0 aliphatic rings. The van der Waals surface area contributed by atoms with E-state index in [9.17, 15) is 9.59 Å². The number of para-hydroxylation sites is 1. The maximum Gasteiger partial charge on any atom is 0.249 e. The molecular formula is C20H18BrN3O3. The molecule has 0 heterocycles. The molecule has 7 heteroatoms. The van der Waals surface area contributed by atoms with Crippen molar-refractivity contribution in [3.8, 4) is 18.1 Å². The minimum absolute atomic E-state index is 0.119. The normalized spacial score (nSPS) is 10.3. The number of hydrogen-bond donors (Lipinski definition) is 2. The highest BCUT2D eigenvalue weighted by atomic mass is 79.9. The van der Waals surface area contributed by atoms with Gasteiger partial charge in [-0.05, 0) is 36.8 Å². The van der Waals surface area contributed by atoms with E-state index in [1.807, 2.05) is 25.1 Å². The average Bonchev–Trinajstić information content (AvgIpc) is 2.63. The van der Waals surface area contributed by atoms with E-state index in [2.05, 4.69) is 37.7 Å². The molecule has 27 heavy (non-hydrogen) atoms. The highest BCUT2D eigenvalue weighted by molar-refractivity contribution is 9.10. The Balaban J connectivity index is 1.91. The third-order valence-corrected chi connectivity index (χ3v) is 3.91. The number of nitrogens with one attached hydrogen (secondary N) is 2. The van der Waals surface area contributed by atoms with Crippen molar-refractivity contribution < 1.29 is 14.3 Å². The standard InChI is InChI=1S/C20H18BrN3O3/c1-3-10-27-18-9-8-16(21)11-15(18)13-22-24-20(26)12-19(25)23-17-7-5-4-6-14(17)2/h1,4-9,11,13H,10,12H2,2H3,(H,23,25)(H,24,26). The first-order valence-electron chi connectivity index (χ1n) is 8.03. The van der Waals surface area contributed by atoms with E-state index >= 15 is 0 Å². The Bertz CT molecular complexity index is 904. The van der Waals surface area contributed by atoms with Crippen LogP contribution in [0.4, 0.5) is 5.69 Å². The van der Waals surface area contributed by atoms with Gasteiger partial charge in [0.15, 0.2) is 0 Å². The largest absolute Gasteiger partial charge is 0.480 e. The minimum Gasteiger partial charge on any atom is -0.480 e. The van der Waals surface area contributed by atoms with E-state index in [0.717, 1.165) is 10.0 Å². The summed E-state index contributed by atoms with van der Waals surface area (Å²) in [6, 6.07) is 12.6. The number of hydrazone groups is 1. The fourth-order valence-corrected chi connectivity index (χ4v) is 2.52. The number of ether oxygens (including phenoxy) is 1. The highest BCUT2D eigenvalue weighted by Crippen LogP contribution is 2.21. The molecule has 6 nitrogen and oxygen atoms in total. The van der Waals surface area contributed by atoms with Crippen LogP contribution in [0.15, 0.2) is 52.0 Å². The molecule has 0 unspecified atom stereocenters. The van der Waals surface area contributed by atoms with Gasteiger partial charge >= 0.3 is 0 Å². The van der Waals surface area contributed by atoms with Crippen LogP contribution in [0.25, 0.3) is 0 Å². The Morgan fingerprint density at radius 1 is 1.26 bits per heavy atom. The average molecular weight is 428 g/mol. The van der Waals surface area contributed by atoms with E-state index in [0.29, 0.717) is 17.0 Å². The van der Waals surface area contributed by atoms with Crippen LogP contribution in [0.1, 0.15) is 17.5 Å². The van der Waals surface area contributed by atoms with Crippen molar-refractivity contribution in [3.05, 3.63) is 58.1 Å². The molecule has 0 radical (unpaired) electrons. The lowest BCUT2D eigenvalue weighted by atomic mass is 10.2. The number of rotatable bonds is 7. The van der Waals surface area contributed by atoms with Gasteiger partial charge < -0.3 is 10.1 Å². The van der Waals surface area contributed by atoms with Gasteiger partial charge in [-0.25, -0.2) is 5.43 Å². The van der Waals surface area contributed by atoms with Crippen LogP contribution >= 0.6 is 15.9 Å². The lowest BCUT2D eigenvalue weighted by Gasteiger charge is -2.08. The SMILES string of the molecule is C#CCOc1ccc(Br)cc1C=NNC(=O)CC(=O)Nc1ccccc1C. The smallest absolute Gasteiger partial charge is 0.249 e. The molecule has 2 N–H and O–H groups in total. The quantitative estimate of drug-likeness (QED) is 0.308. The van der Waals surface area contributed by atoms with Crippen molar-refractivity contribution in [2.24, 2.45) is 5.10 Å². The molecule has 2 aromatic carbocycles. The van der Waals surface area contributed by atoms with Crippen LogP contribution < -0.4 is 15.5 Å². The first-order chi connectivity index (χ1) is 13.0. The molecule has 0 aromatic heterocycles. The Hall–Kier alpha value is -3.11. The molecule has 0 spiro atoms. The second-order valence-corrected chi connectivity index (χ2v) is 6.42. The summed E-state index contributed by atoms with van der Waals surface area (Å²) >= 11 is 3.36. The molecule has 0 atom stereocenters. The number of anilines is 1. The molecule has 0 saturated carbocycles. The van der Waals surface area contributed by atoms with Crippen molar-refractivity contribution in [3.63, 3.8) is 0 Å². The van der Waals surface area contributed by atoms with Crippen LogP contribution in [0.2, 0.25) is 0 Å². The van der Waals surface area contributed by atoms with Gasteiger partial charge in [-0.15, -0.1) is 6.42 Å². The summed E-state index contributed by atoms with van der Waals surface area (Å²) in [5, 5.41) is 6.56. The summed E-state index contributed by atoms with van der Waals surface area (Å²) in [4.78, 5) is 23.8. The summed E-state index contributed by atoms with van der Waals surface area (Å²) in [5.74, 6) is 1.97. The number of amides is 2. The fourth-order valence-electron chi connectivity index (χ4n) is 2.14. The summed E-state index contributed by atoms with van der Waals surface area (Å²) in [5.41, 5.74) is 4.54. The van der Waals surface area contributed by atoms with Gasteiger partial charge in [0.1, 0.15) is 18.8 Å². The summed E-state index contributed by atoms with van der Waals surface area (Å²) in [6.45, 7) is 1.99. The molecule has 2 rings (SSSR count). The fraction of sp³-hybridized carbons (Fsp3) is 0.150. The number of nitrogens with zero attached hydrogens (tertiary/aromatic N) is 1.